The molecule has 0 aliphatic carbocycles. The summed E-state index contributed by atoms with van der Waals surface area (Å²) >= 11 is 5.66. The van der Waals surface area contributed by atoms with E-state index in [9.17, 15) is 14.9 Å². The zero-order valence-electron chi connectivity index (χ0n) is 9.69. The van der Waals surface area contributed by atoms with Gasteiger partial charge in [0.05, 0.1) is 10.5 Å². The molecule has 0 aliphatic heterocycles. The first kappa shape index (κ1) is 13.7. The lowest BCUT2D eigenvalue weighted by atomic mass is 10.3. The Labute approximate surface area is 116 Å². The molecular formula is C11H6ClN3O5. The Kier molecular flexibility index (Phi) is 3.76. The number of aromatic nitrogens is 2. The number of nitro benzene ring substituents is 1. The Hall–Kier alpha value is -2.74. The number of ether oxygens (including phenoxy) is 1. The second-order valence-corrected chi connectivity index (χ2v) is 3.97. The van der Waals surface area contributed by atoms with Gasteiger partial charge < -0.3 is 9.84 Å². The van der Waals surface area contributed by atoms with Crippen molar-refractivity contribution < 1.29 is 19.6 Å². The van der Waals surface area contributed by atoms with Crippen molar-refractivity contribution in [2.75, 3.05) is 0 Å². The van der Waals surface area contributed by atoms with Gasteiger partial charge in [0.2, 0.25) is 5.75 Å². The van der Waals surface area contributed by atoms with Crippen LogP contribution >= 0.6 is 11.6 Å². The van der Waals surface area contributed by atoms with E-state index in [1.54, 1.807) is 0 Å². The Bertz CT molecular complexity index is 674. The number of carboxylic acids is 1. The maximum absolute atomic E-state index is 10.9. The predicted molar refractivity (Wildman–Crippen MR) is 67.2 cm³/mol. The highest BCUT2D eigenvalue weighted by atomic mass is 35.5. The number of aromatic carboxylic acids is 1. The Morgan fingerprint density at radius 3 is 2.55 bits per heavy atom. The molecule has 0 amide bonds. The molecule has 2 aromatic rings. The van der Waals surface area contributed by atoms with Crippen LogP contribution in [0.1, 0.15) is 10.4 Å². The maximum Gasteiger partial charge on any atom is 0.338 e. The van der Waals surface area contributed by atoms with E-state index in [1.807, 2.05) is 0 Å². The molecule has 1 aromatic carbocycles. The van der Waals surface area contributed by atoms with Crippen molar-refractivity contribution in [2.45, 2.75) is 0 Å². The van der Waals surface area contributed by atoms with Gasteiger partial charge in [-0.05, 0) is 12.1 Å². The summed E-state index contributed by atoms with van der Waals surface area (Å²) < 4.78 is 5.15. The van der Waals surface area contributed by atoms with Crippen LogP contribution in [-0.4, -0.2) is 26.0 Å². The van der Waals surface area contributed by atoms with E-state index in [1.165, 1.54) is 12.1 Å². The van der Waals surface area contributed by atoms with Gasteiger partial charge in [0.1, 0.15) is 0 Å². The molecule has 0 spiro atoms. The molecule has 0 bridgehead atoms. The lowest BCUT2D eigenvalue weighted by Crippen LogP contribution is -2.00. The normalized spacial score (nSPS) is 10.1. The minimum atomic E-state index is -1.19. The molecule has 0 unspecified atom stereocenters. The molecule has 0 saturated heterocycles. The second kappa shape index (κ2) is 5.49. The first-order chi connectivity index (χ1) is 9.47. The van der Waals surface area contributed by atoms with Gasteiger partial charge in [-0.25, -0.2) is 14.8 Å². The van der Waals surface area contributed by atoms with Crippen molar-refractivity contribution in [3.63, 3.8) is 0 Å². The highest BCUT2D eigenvalue weighted by Crippen LogP contribution is 2.32. The number of nitro groups is 1. The summed E-state index contributed by atoms with van der Waals surface area (Å²) in [7, 11) is 0. The zero-order chi connectivity index (χ0) is 14.7. The van der Waals surface area contributed by atoms with Crippen LogP contribution in [0.5, 0.6) is 11.8 Å². The first-order valence-corrected chi connectivity index (χ1v) is 5.52. The smallest absolute Gasteiger partial charge is 0.338 e. The summed E-state index contributed by atoms with van der Waals surface area (Å²) in [5.41, 5.74) is -0.466. The molecule has 8 nitrogen and oxygen atoms in total. The molecule has 2 rings (SSSR count). The number of benzene rings is 1. The summed E-state index contributed by atoms with van der Waals surface area (Å²) in [4.78, 5) is 28.1. The largest absolute Gasteiger partial charge is 0.478 e. The number of rotatable bonds is 4. The SMILES string of the molecule is O=C(O)c1cnc(Oc2ccc(Cl)cc2[N+](=O)[O-])nc1. The first-order valence-electron chi connectivity index (χ1n) is 5.14. The van der Waals surface area contributed by atoms with E-state index in [0.29, 0.717) is 0 Å². The summed E-state index contributed by atoms with van der Waals surface area (Å²) in [6, 6.07) is 3.63. The van der Waals surface area contributed by atoms with E-state index in [-0.39, 0.29) is 28.0 Å². The monoisotopic (exact) mass is 295 g/mol. The number of hydrogen-bond donors (Lipinski definition) is 1. The lowest BCUT2D eigenvalue weighted by Gasteiger charge is -2.04. The van der Waals surface area contributed by atoms with Crippen LogP contribution in [0, 0.1) is 10.1 Å². The van der Waals surface area contributed by atoms with Crippen molar-refractivity contribution in [3.8, 4) is 11.8 Å². The van der Waals surface area contributed by atoms with Crippen LogP contribution in [0.25, 0.3) is 0 Å². The molecule has 1 aromatic heterocycles. The molecule has 0 atom stereocenters. The van der Waals surface area contributed by atoms with Gasteiger partial charge in [0, 0.05) is 23.5 Å². The average molecular weight is 296 g/mol. The lowest BCUT2D eigenvalue weighted by molar-refractivity contribution is -0.385. The van der Waals surface area contributed by atoms with Gasteiger partial charge in [-0.1, -0.05) is 11.6 Å². The molecule has 1 heterocycles. The average Bonchev–Trinajstić information content (AvgIpc) is 2.41. The van der Waals surface area contributed by atoms with Crippen LogP contribution in [0.15, 0.2) is 30.6 Å². The standard InChI is InChI=1S/C11H6ClN3O5/c12-7-1-2-9(8(3-7)15(18)19)20-11-13-4-6(5-14-11)10(16)17/h1-5H,(H,16,17). The fraction of sp³-hybridized carbons (Fsp3) is 0. The van der Waals surface area contributed by atoms with Gasteiger partial charge in [0.25, 0.3) is 0 Å². The molecule has 0 aliphatic rings. The van der Waals surface area contributed by atoms with Crippen LogP contribution in [0.2, 0.25) is 5.02 Å². The number of carbonyl (C=O) groups is 1. The van der Waals surface area contributed by atoms with Gasteiger partial charge >= 0.3 is 17.7 Å². The van der Waals surface area contributed by atoms with Crippen molar-refractivity contribution in [3.05, 3.63) is 51.3 Å². The minimum Gasteiger partial charge on any atom is -0.478 e. The molecule has 0 saturated carbocycles. The third-order valence-electron chi connectivity index (χ3n) is 2.19. The van der Waals surface area contributed by atoms with E-state index in [4.69, 9.17) is 21.4 Å². The van der Waals surface area contributed by atoms with Crippen molar-refractivity contribution >= 4 is 23.3 Å². The maximum atomic E-state index is 10.9. The van der Waals surface area contributed by atoms with Gasteiger partial charge in [-0.3, -0.25) is 10.1 Å². The fourth-order valence-corrected chi connectivity index (χ4v) is 1.46. The second-order valence-electron chi connectivity index (χ2n) is 3.53. The molecule has 1 N–H and O–H groups in total. The fourth-order valence-electron chi connectivity index (χ4n) is 1.30. The zero-order valence-corrected chi connectivity index (χ0v) is 10.4. The third kappa shape index (κ3) is 2.98. The van der Waals surface area contributed by atoms with E-state index < -0.39 is 10.9 Å². The Balaban J connectivity index is 2.30. The number of hydrogen-bond acceptors (Lipinski definition) is 6. The Morgan fingerprint density at radius 2 is 2.00 bits per heavy atom. The van der Waals surface area contributed by atoms with Crippen molar-refractivity contribution in [1.82, 2.24) is 9.97 Å². The minimum absolute atomic E-state index is 0.0949. The third-order valence-corrected chi connectivity index (χ3v) is 2.43. The van der Waals surface area contributed by atoms with Crippen LogP contribution in [-0.2, 0) is 0 Å². The van der Waals surface area contributed by atoms with Crippen molar-refractivity contribution in [2.24, 2.45) is 0 Å². The summed E-state index contributed by atoms with van der Waals surface area (Å²) in [6.45, 7) is 0. The van der Waals surface area contributed by atoms with Gasteiger partial charge in [0.15, 0.2) is 0 Å². The topological polar surface area (TPSA) is 115 Å². The van der Waals surface area contributed by atoms with Crippen LogP contribution in [0.3, 0.4) is 0 Å². The number of carboxylic acid groups (broad SMARTS) is 1. The number of nitrogens with zero attached hydrogens (tertiary/aromatic N) is 3. The van der Waals surface area contributed by atoms with E-state index >= 15 is 0 Å². The van der Waals surface area contributed by atoms with Crippen LogP contribution in [0.4, 0.5) is 5.69 Å². The van der Waals surface area contributed by atoms with Crippen molar-refractivity contribution in [1.29, 1.82) is 0 Å². The molecule has 0 radical (unpaired) electrons. The van der Waals surface area contributed by atoms with E-state index in [2.05, 4.69) is 9.97 Å². The summed E-state index contributed by atoms with van der Waals surface area (Å²) in [5, 5.41) is 19.7. The quantitative estimate of drug-likeness (QED) is 0.680. The predicted octanol–water partition coefficient (Wildman–Crippen LogP) is 2.53. The molecule has 0 fully saturated rings. The number of halogens is 1. The van der Waals surface area contributed by atoms with Gasteiger partial charge in [-0.2, -0.15) is 0 Å². The molecular weight excluding hydrogens is 290 g/mol. The molecule has 9 heteroatoms. The summed E-state index contributed by atoms with van der Waals surface area (Å²) in [6.07, 6.45) is 2.07. The highest BCUT2D eigenvalue weighted by Gasteiger charge is 2.17. The van der Waals surface area contributed by atoms with Crippen LogP contribution < -0.4 is 4.74 Å². The van der Waals surface area contributed by atoms with Gasteiger partial charge in [-0.15, -0.1) is 0 Å². The summed E-state index contributed by atoms with van der Waals surface area (Å²) in [5.74, 6) is -1.28. The molecule has 102 valence electrons. The highest BCUT2D eigenvalue weighted by molar-refractivity contribution is 6.30. The molecule has 20 heavy (non-hydrogen) atoms. The van der Waals surface area contributed by atoms with E-state index in [0.717, 1.165) is 18.5 Å². The Morgan fingerprint density at radius 1 is 1.35 bits per heavy atom.